The zero-order valence-corrected chi connectivity index (χ0v) is 18.6. The van der Waals surface area contributed by atoms with Crippen LogP contribution in [-0.4, -0.2) is 35.0 Å². The first-order chi connectivity index (χ1) is 16.2. The van der Waals surface area contributed by atoms with Crippen molar-refractivity contribution in [3.05, 3.63) is 100 Å². The van der Waals surface area contributed by atoms with Crippen molar-refractivity contribution in [2.75, 3.05) is 13.1 Å². The molecule has 0 spiro atoms. The number of pyridine rings is 1. The number of carbonyl (C=O) groups is 1. The molecule has 2 aromatic carbocycles. The zero-order valence-electron chi connectivity index (χ0n) is 18.6. The molecule has 6 nitrogen and oxygen atoms in total. The van der Waals surface area contributed by atoms with Gasteiger partial charge in [-0.3, -0.25) is 4.79 Å². The third-order valence-electron chi connectivity index (χ3n) is 5.47. The summed E-state index contributed by atoms with van der Waals surface area (Å²) in [4.78, 5) is 28.3. The highest BCUT2D eigenvalue weighted by Gasteiger charge is 2.27. The average Bonchev–Trinajstić information content (AvgIpc) is 3.65. The van der Waals surface area contributed by atoms with Crippen LogP contribution in [0, 0.1) is 0 Å². The van der Waals surface area contributed by atoms with Crippen molar-refractivity contribution in [1.82, 2.24) is 15.2 Å². The highest BCUT2D eigenvalue weighted by molar-refractivity contribution is 5.75. The Labute approximate surface area is 193 Å². The molecule has 6 heteroatoms. The first kappa shape index (κ1) is 22.4. The number of hydrogen-bond acceptors (Lipinski definition) is 3. The van der Waals surface area contributed by atoms with Crippen molar-refractivity contribution in [3.8, 4) is 11.6 Å². The molecule has 2 N–H and O–H groups in total. The quantitative estimate of drug-likeness (QED) is 0.582. The number of likely N-dealkylation sites (tertiary alicyclic amines) is 1. The van der Waals surface area contributed by atoms with Gasteiger partial charge in [-0.15, -0.1) is 0 Å². The molecular weight excluding hydrogens is 414 g/mol. The molecule has 1 aromatic heterocycles. The Kier molecular flexibility index (Phi) is 7.59. The molecule has 0 atom stereocenters. The first-order valence-electron chi connectivity index (χ1n) is 11.4. The summed E-state index contributed by atoms with van der Waals surface area (Å²) >= 11 is 0. The van der Waals surface area contributed by atoms with E-state index in [1.807, 2.05) is 65.6 Å². The SMILES string of the molecule is O=C(NC1CC1)N1CCC(=Cc2cccc(Oc3cc(=O)cc[nH]3)c2)CC1.c1ccccc1. The highest BCUT2D eigenvalue weighted by atomic mass is 16.5. The maximum Gasteiger partial charge on any atom is 0.317 e. The van der Waals surface area contributed by atoms with Crippen LogP contribution in [0.4, 0.5) is 4.79 Å². The number of urea groups is 1. The van der Waals surface area contributed by atoms with Crippen LogP contribution in [-0.2, 0) is 0 Å². The minimum absolute atomic E-state index is 0.0730. The van der Waals surface area contributed by atoms with Gasteiger partial charge in [-0.1, -0.05) is 60.2 Å². The summed E-state index contributed by atoms with van der Waals surface area (Å²) in [6.07, 6.45) is 7.72. The molecule has 0 bridgehead atoms. The average molecular weight is 444 g/mol. The van der Waals surface area contributed by atoms with Gasteiger partial charge in [0, 0.05) is 37.5 Å². The number of amides is 2. The van der Waals surface area contributed by atoms with Gasteiger partial charge in [0.2, 0.25) is 5.88 Å². The normalized spacial score (nSPS) is 15.2. The third kappa shape index (κ3) is 7.38. The lowest BCUT2D eigenvalue weighted by molar-refractivity contribution is 0.193. The van der Waals surface area contributed by atoms with Gasteiger partial charge in [0.05, 0.1) is 0 Å². The van der Waals surface area contributed by atoms with E-state index in [0.717, 1.165) is 44.3 Å². The number of piperidine rings is 1. The van der Waals surface area contributed by atoms with Crippen molar-refractivity contribution in [2.45, 2.75) is 31.7 Å². The number of aromatic nitrogens is 1. The summed E-state index contributed by atoms with van der Waals surface area (Å²) in [6.45, 7) is 1.51. The van der Waals surface area contributed by atoms with E-state index in [4.69, 9.17) is 4.74 Å². The number of ether oxygens (including phenoxy) is 1. The highest BCUT2D eigenvalue weighted by Crippen LogP contribution is 2.24. The van der Waals surface area contributed by atoms with Crippen LogP contribution in [0.15, 0.2) is 89.4 Å². The minimum Gasteiger partial charge on any atom is -0.441 e. The number of H-pyrrole nitrogens is 1. The van der Waals surface area contributed by atoms with Gasteiger partial charge in [-0.2, -0.15) is 0 Å². The number of rotatable bonds is 4. The van der Waals surface area contributed by atoms with E-state index in [0.29, 0.717) is 17.7 Å². The van der Waals surface area contributed by atoms with Crippen molar-refractivity contribution < 1.29 is 9.53 Å². The first-order valence-corrected chi connectivity index (χ1v) is 11.4. The topological polar surface area (TPSA) is 74.4 Å². The number of benzene rings is 2. The molecule has 2 fully saturated rings. The Hall–Kier alpha value is -3.80. The zero-order chi connectivity index (χ0) is 22.9. The molecule has 170 valence electrons. The van der Waals surface area contributed by atoms with Gasteiger partial charge < -0.3 is 19.9 Å². The molecule has 3 aromatic rings. The van der Waals surface area contributed by atoms with Crippen LogP contribution in [0.3, 0.4) is 0 Å². The Balaban J connectivity index is 0.000000376. The summed E-state index contributed by atoms with van der Waals surface area (Å²) in [5.41, 5.74) is 2.28. The van der Waals surface area contributed by atoms with Crippen LogP contribution in [0.1, 0.15) is 31.2 Å². The van der Waals surface area contributed by atoms with E-state index in [9.17, 15) is 9.59 Å². The number of aromatic amines is 1. The second-order valence-electron chi connectivity index (χ2n) is 8.23. The molecule has 1 aliphatic heterocycles. The Morgan fingerprint density at radius 1 is 0.970 bits per heavy atom. The van der Waals surface area contributed by atoms with Crippen LogP contribution in [0.2, 0.25) is 0 Å². The summed E-state index contributed by atoms with van der Waals surface area (Å²) in [5.74, 6) is 1.09. The molecule has 2 aliphatic rings. The molecule has 2 heterocycles. The van der Waals surface area contributed by atoms with Crippen LogP contribution < -0.4 is 15.5 Å². The van der Waals surface area contributed by atoms with Gasteiger partial charge in [0.15, 0.2) is 5.43 Å². The third-order valence-corrected chi connectivity index (χ3v) is 5.47. The Morgan fingerprint density at radius 3 is 2.30 bits per heavy atom. The molecule has 1 saturated carbocycles. The fourth-order valence-electron chi connectivity index (χ4n) is 3.53. The van der Waals surface area contributed by atoms with Crippen molar-refractivity contribution in [3.63, 3.8) is 0 Å². The minimum atomic E-state index is -0.0977. The second kappa shape index (κ2) is 11.2. The smallest absolute Gasteiger partial charge is 0.317 e. The van der Waals surface area contributed by atoms with Gasteiger partial charge >= 0.3 is 6.03 Å². The second-order valence-corrected chi connectivity index (χ2v) is 8.23. The summed E-state index contributed by atoms with van der Waals surface area (Å²) < 4.78 is 5.73. The van der Waals surface area contributed by atoms with E-state index < -0.39 is 0 Å². The van der Waals surface area contributed by atoms with E-state index >= 15 is 0 Å². The molecule has 1 aliphatic carbocycles. The maximum absolute atomic E-state index is 12.1. The predicted molar refractivity (Wildman–Crippen MR) is 130 cm³/mol. The Bertz CT molecular complexity index is 1100. The molecule has 5 rings (SSSR count). The van der Waals surface area contributed by atoms with Gasteiger partial charge in [-0.25, -0.2) is 4.79 Å². The van der Waals surface area contributed by atoms with E-state index in [-0.39, 0.29) is 11.5 Å². The van der Waals surface area contributed by atoms with E-state index in [1.54, 1.807) is 6.20 Å². The summed E-state index contributed by atoms with van der Waals surface area (Å²) in [7, 11) is 0. The molecule has 0 radical (unpaired) electrons. The molecular formula is C27H29N3O3. The van der Waals surface area contributed by atoms with Crippen molar-refractivity contribution in [1.29, 1.82) is 0 Å². The largest absolute Gasteiger partial charge is 0.441 e. The monoisotopic (exact) mass is 443 g/mol. The predicted octanol–water partition coefficient (Wildman–Crippen LogP) is 5.21. The van der Waals surface area contributed by atoms with Crippen molar-refractivity contribution in [2.24, 2.45) is 0 Å². The number of hydrogen-bond donors (Lipinski definition) is 2. The summed E-state index contributed by atoms with van der Waals surface area (Å²) in [5, 5.41) is 3.05. The van der Waals surface area contributed by atoms with Crippen molar-refractivity contribution >= 4 is 12.1 Å². The Morgan fingerprint density at radius 2 is 1.67 bits per heavy atom. The lowest BCUT2D eigenvalue weighted by Crippen LogP contribution is -2.43. The lowest BCUT2D eigenvalue weighted by atomic mass is 10.0. The standard InChI is InChI=1S/C21H23N3O3.C6H6/c25-18-6-9-22-20(14-18)27-19-3-1-2-16(13-19)12-15-7-10-24(11-8-15)21(26)23-17-4-5-17;1-2-4-6-5-3-1/h1-3,6,9,12-14,17H,4-5,7-8,10-11H2,(H,22,25)(H,23,26);1-6H. The lowest BCUT2D eigenvalue weighted by Gasteiger charge is -2.28. The summed E-state index contributed by atoms with van der Waals surface area (Å²) in [6, 6.07) is 23.1. The number of nitrogens with one attached hydrogen (secondary N) is 2. The van der Waals surface area contributed by atoms with Crippen LogP contribution in [0.5, 0.6) is 11.6 Å². The van der Waals surface area contributed by atoms with Gasteiger partial charge in [0.25, 0.3) is 0 Å². The fraction of sp³-hybridized carbons (Fsp3) is 0.259. The van der Waals surface area contributed by atoms with E-state index in [1.165, 1.54) is 17.7 Å². The van der Waals surface area contributed by atoms with Gasteiger partial charge in [0.1, 0.15) is 5.75 Å². The molecule has 33 heavy (non-hydrogen) atoms. The molecule has 1 saturated heterocycles. The molecule has 2 amide bonds. The van der Waals surface area contributed by atoms with Crippen LogP contribution >= 0.6 is 0 Å². The molecule has 0 unspecified atom stereocenters. The number of carbonyl (C=O) groups excluding carboxylic acids is 1. The fourth-order valence-corrected chi connectivity index (χ4v) is 3.53. The van der Waals surface area contributed by atoms with Gasteiger partial charge in [-0.05, 0) is 43.4 Å². The number of nitrogens with zero attached hydrogens (tertiary/aromatic N) is 1. The van der Waals surface area contributed by atoms with E-state index in [2.05, 4.69) is 16.4 Å². The maximum atomic E-state index is 12.1. The van der Waals surface area contributed by atoms with Crippen LogP contribution in [0.25, 0.3) is 6.08 Å².